The first-order valence-corrected chi connectivity index (χ1v) is 7.96. The van der Waals surface area contributed by atoms with E-state index in [-0.39, 0.29) is 5.75 Å². The number of piperazine rings is 1. The number of hydrogen-bond donors (Lipinski definition) is 2. The molecule has 1 aromatic rings. The molecule has 3 N–H and O–H groups in total. The Labute approximate surface area is 113 Å². The minimum atomic E-state index is -3.10. The Balaban J connectivity index is 1.98. The van der Waals surface area contributed by atoms with Crippen molar-refractivity contribution in [3.05, 3.63) is 23.8 Å². The van der Waals surface area contributed by atoms with Gasteiger partial charge in [0.15, 0.2) is 0 Å². The van der Waals surface area contributed by atoms with Crippen LogP contribution in [-0.4, -0.2) is 55.2 Å². The zero-order chi connectivity index (χ0) is 14.0. The summed E-state index contributed by atoms with van der Waals surface area (Å²) in [5, 5.41) is 9.76. The number of sulfonamides is 1. The van der Waals surface area contributed by atoms with E-state index >= 15 is 0 Å². The van der Waals surface area contributed by atoms with Crippen LogP contribution in [0.1, 0.15) is 5.56 Å². The highest BCUT2D eigenvalue weighted by Gasteiger charge is 2.23. The molecular formula is C12H19N3O3S. The van der Waals surface area contributed by atoms with Gasteiger partial charge in [-0.3, -0.25) is 4.90 Å². The maximum absolute atomic E-state index is 11.4. The molecule has 1 aromatic carbocycles. The Hall–Kier alpha value is -1.31. The summed E-state index contributed by atoms with van der Waals surface area (Å²) >= 11 is 0. The Bertz CT molecular complexity index is 551. The van der Waals surface area contributed by atoms with Crippen molar-refractivity contribution >= 4 is 15.7 Å². The third-order valence-corrected chi connectivity index (χ3v) is 4.60. The average Bonchev–Trinajstić information content (AvgIpc) is 2.33. The largest absolute Gasteiger partial charge is 0.508 e. The van der Waals surface area contributed by atoms with E-state index in [0.29, 0.717) is 38.4 Å². The van der Waals surface area contributed by atoms with Gasteiger partial charge in [0.2, 0.25) is 10.0 Å². The molecule has 0 bridgehead atoms. The molecule has 1 heterocycles. The van der Waals surface area contributed by atoms with Crippen LogP contribution in [0.15, 0.2) is 18.2 Å². The highest BCUT2D eigenvalue weighted by atomic mass is 32.2. The minimum absolute atomic E-state index is 0.222. The van der Waals surface area contributed by atoms with E-state index in [0.717, 1.165) is 5.56 Å². The predicted octanol–water partition coefficient (Wildman–Crippen LogP) is 0.0516. The molecule has 0 aliphatic carbocycles. The normalized spacial score (nSPS) is 18.6. The summed E-state index contributed by atoms with van der Waals surface area (Å²) in [5.74, 6) is 0.222. The van der Waals surface area contributed by atoms with Crippen molar-refractivity contribution in [2.24, 2.45) is 0 Å². The molecule has 6 nitrogen and oxygen atoms in total. The number of phenols is 1. The first-order valence-electron chi connectivity index (χ1n) is 6.11. The second-order valence-corrected chi connectivity index (χ2v) is 6.81. The van der Waals surface area contributed by atoms with Gasteiger partial charge in [-0.05, 0) is 18.2 Å². The number of nitrogens with two attached hydrogens (primary N) is 1. The average molecular weight is 285 g/mol. The second kappa shape index (κ2) is 5.36. The fourth-order valence-electron chi connectivity index (χ4n) is 2.19. The van der Waals surface area contributed by atoms with E-state index in [1.165, 1.54) is 10.6 Å². The van der Waals surface area contributed by atoms with Crippen LogP contribution in [-0.2, 0) is 16.6 Å². The van der Waals surface area contributed by atoms with Gasteiger partial charge in [-0.25, -0.2) is 8.42 Å². The van der Waals surface area contributed by atoms with Gasteiger partial charge in [-0.1, -0.05) is 0 Å². The lowest BCUT2D eigenvalue weighted by Crippen LogP contribution is -2.47. The zero-order valence-corrected chi connectivity index (χ0v) is 11.7. The van der Waals surface area contributed by atoms with Gasteiger partial charge in [-0.2, -0.15) is 4.31 Å². The maximum Gasteiger partial charge on any atom is 0.211 e. The van der Waals surface area contributed by atoms with Crippen molar-refractivity contribution < 1.29 is 13.5 Å². The Morgan fingerprint density at radius 2 is 1.89 bits per heavy atom. The van der Waals surface area contributed by atoms with E-state index < -0.39 is 10.0 Å². The lowest BCUT2D eigenvalue weighted by molar-refractivity contribution is 0.180. The monoisotopic (exact) mass is 285 g/mol. The van der Waals surface area contributed by atoms with Crippen molar-refractivity contribution in [2.45, 2.75) is 6.54 Å². The molecule has 1 saturated heterocycles. The van der Waals surface area contributed by atoms with Crippen molar-refractivity contribution in [3.8, 4) is 5.75 Å². The summed E-state index contributed by atoms with van der Waals surface area (Å²) in [4.78, 5) is 2.11. The number of nitrogen functional groups attached to an aromatic ring is 1. The molecule has 0 spiro atoms. The number of benzene rings is 1. The third-order valence-electron chi connectivity index (χ3n) is 3.30. The Morgan fingerprint density at radius 3 is 2.47 bits per heavy atom. The second-order valence-electron chi connectivity index (χ2n) is 4.83. The number of phenolic OH excluding ortho intramolecular Hbond substituents is 1. The van der Waals surface area contributed by atoms with E-state index in [2.05, 4.69) is 4.90 Å². The third kappa shape index (κ3) is 3.59. The molecule has 106 valence electrons. The zero-order valence-electron chi connectivity index (χ0n) is 10.9. The molecule has 0 radical (unpaired) electrons. The number of anilines is 1. The smallest absolute Gasteiger partial charge is 0.211 e. The lowest BCUT2D eigenvalue weighted by atomic mass is 10.1. The highest BCUT2D eigenvalue weighted by Crippen LogP contribution is 2.22. The van der Waals surface area contributed by atoms with E-state index in [1.54, 1.807) is 18.2 Å². The van der Waals surface area contributed by atoms with E-state index in [9.17, 15) is 13.5 Å². The van der Waals surface area contributed by atoms with Crippen LogP contribution in [0, 0.1) is 0 Å². The Kier molecular flexibility index (Phi) is 3.98. The van der Waals surface area contributed by atoms with Gasteiger partial charge in [0.1, 0.15) is 5.75 Å². The molecule has 7 heteroatoms. The number of hydrogen-bond acceptors (Lipinski definition) is 5. The topological polar surface area (TPSA) is 86.9 Å². The molecule has 0 atom stereocenters. The molecular weight excluding hydrogens is 266 g/mol. The lowest BCUT2D eigenvalue weighted by Gasteiger charge is -2.33. The number of nitrogens with zero attached hydrogens (tertiary/aromatic N) is 2. The fraction of sp³-hybridized carbons (Fsp3) is 0.500. The molecule has 1 aliphatic heterocycles. The SMILES string of the molecule is CS(=O)(=O)N1CCN(Cc2cc(N)ccc2O)CC1. The molecule has 1 fully saturated rings. The van der Waals surface area contributed by atoms with Crippen LogP contribution in [0.2, 0.25) is 0 Å². The van der Waals surface area contributed by atoms with Crippen molar-refractivity contribution in [1.29, 1.82) is 0 Å². The van der Waals surface area contributed by atoms with Crippen LogP contribution < -0.4 is 5.73 Å². The maximum atomic E-state index is 11.4. The van der Waals surface area contributed by atoms with E-state index in [4.69, 9.17) is 5.73 Å². The quantitative estimate of drug-likeness (QED) is 0.605. The summed E-state index contributed by atoms with van der Waals surface area (Å²) in [6.45, 7) is 2.86. The van der Waals surface area contributed by atoms with Gasteiger partial charge >= 0.3 is 0 Å². The molecule has 2 rings (SSSR count). The number of aromatic hydroxyl groups is 1. The van der Waals surface area contributed by atoms with Crippen LogP contribution in [0.25, 0.3) is 0 Å². The fourth-order valence-corrected chi connectivity index (χ4v) is 3.02. The summed E-state index contributed by atoms with van der Waals surface area (Å²) in [6, 6.07) is 4.98. The summed E-state index contributed by atoms with van der Waals surface area (Å²) in [6.07, 6.45) is 1.23. The van der Waals surface area contributed by atoms with Gasteiger partial charge in [0.25, 0.3) is 0 Å². The summed E-state index contributed by atoms with van der Waals surface area (Å²) < 4.78 is 24.3. The van der Waals surface area contributed by atoms with Crippen LogP contribution in [0.4, 0.5) is 5.69 Å². The molecule has 0 aromatic heterocycles. The van der Waals surface area contributed by atoms with Gasteiger partial charge in [0.05, 0.1) is 6.26 Å². The summed E-state index contributed by atoms with van der Waals surface area (Å²) in [5.41, 5.74) is 7.08. The van der Waals surface area contributed by atoms with Gasteiger partial charge < -0.3 is 10.8 Å². The van der Waals surface area contributed by atoms with Crippen LogP contribution in [0.3, 0.4) is 0 Å². The van der Waals surface area contributed by atoms with Crippen LogP contribution in [0.5, 0.6) is 5.75 Å². The Morgan fingerprint density at radius 1 is 1.26 bits per heavy atom. The highest BCUT2D eigenvalue weighted by molar-refractivity contribution is 7.88. The minimum Gasteiger partial charge on any atom is -0.508 e. The summed E-state index contributed by atoms with van der Waals surface area (Å²) in [7, 11) is -3.10. The molecule has 0 unspecified atom stereocenters. The molecule has 19 heavy (non-hydrogen) atoms. The van der Waals surface area contributed by atoms with Crippen molar-refractivity contribution in [1.82, 2.24) is 9.21 Å². The van der Waals surface area contributed by atoms with E-state index in [1.807, 2.05) is 0 Å². The van der Waals surface area contributed by atoms with Crippen molar-refractivity contribution in [3.63, 3.8) is 0 Å². The molecule has 0 saturated carbocycles. The first-order chi connectivity index (χ1) is 8.86. The van der Waals surface area contributed by atoms with Gasteiger partial charge in [-0.15, -0.1) is 0 Å². The molecule has 1 aliphatic rings. The predicted molar refractivity (Wildman–Crippen MR) is 74.2 cm³/mol. The number of rotatable bonds is 3. The molecule has 0 amide bonds. The van der Waals surface area contributed by atoms with Gasteiger partial charge in [0, 0.05) is 44.0 Å². The van der Waals surface area contributed by atoms with Crippen LogP contribution >= 0.6 is 0 Å². The first kappa shape index (κ1) is 14.1. The standard InChI is InChI=1S/C12H19N3O3S/c1-19(17,18)15-6-4-14(5-7-15)9-10-8-11(13)2-3-12(10)16/h2-3,8,16H,4-7,9,13H2,1H3. The van der Waals surface area contributed by atoms with Crippen molar-refractivity contribution in [2.75, 3.05) is 38.2 Å².